The summed E-state index contributed by atoms with van der Waals surface area (Å²) in [5.74, 6) is 0.348. The molecule has 0 saturated carbocycles. The van der Waals surface area contributed by atoms with Gasteiger partial charge >= 0.3 is 0 Å². The predicted octanol–water partition coefficient (Wildman–Crippen LogP) is 3.61. The van der Waals surface area contributed by atoms with E-state index in [1.165, 1.54) is 0 Å². The molecule has 0 radical (unpaired) electrons. The molecule has 0 saturated heterocycles. The topological polar surface area (TPSA) is 97.6 Å². The van der Waals surface area contributed by atoms with Gasteiger partial charge in [0.15, 0.2) is 0 Å². The van der Waals surface area contributed by atoms with E-state index in [2.05, 4.69) is 30.6 Å². The number of benzene rings is 1. The Balaban J connectivity index is 1.41. The lowest BCUT2D eigenvalue weighted by Crippen LogP contribution is -2.25. The number of nitrogens with zero attached hydrogens (tertiary/aromatic N) is 5. The van der Waals surface area contributed by atoms with E-state index in [9.17, 15) is 4.79 Å². The van der Waals surface area contributed by atoms with E-state index in [-0.39, 0.29) is 5.91 Å². The minimum atomic E-state index is -0.112. The van der Waals surface area contributed by atoms with Gasteiger partial charge in [-0.05, 0) is 49.2 Å². The molecule has 1 aromatic carbocycles. The highest BCUT2D eigenvalue weighted by atomic mass is 16.1. The van der Waals surface area contributed by atoms with E-state index < -0.39 is 0 Å². The first-order valence-corrected chi connectivity index (χ1v) is 10.0. The zero-order valence-corrected chi connectivity index (χ0v) is 17.2. The summed E-state index contributed by atoms with van der Waals surface area (Å²) in [5, 5.41) is 6.19. The Morgan fingerprint density at radius 1 is 1.10 bits per heavy atom. The summed E-state index contributed by atoms with van der Waals surface area (Å²) in [4.78, 5) is 29.6. The van der Waals surface area contributed by atoms with Gasteiger partial charge in [-0.1, -0.05) is 6.07 Å². The Hall–Kier alpha value is -4.07. The largest absolute Gasteiger partial charge is 0.352 e. The Morgan fingerprint density at radius 3 is 2.84 bits per heavy atom. The third kappa shape index (κ3) is 5.30. The maximum absolute atomic E-state index is 12.6. The van der Waals surface area contributed by atoms with E-state index in [4.69, 9.17) is 0 Å². The number of aromatic nitrogens is 5. The van der Waals surface area contributed by atoms with Crippen molar-refractivity contribution in [3.8, 4) is 11.3 Å². The van der Waals surface area contributed by atoms with E-state index >= 15 is 0 Å². The third-order valence-corrected chi connectivity index (χ3v) is 4.80. The molecule has 0 atom stereocenters. The van der Waals surface area contributed by atoms with Crippen LogP contribution < -0.4 is 10.6 Å². The number of hydrogen-bond acceptors (Lipinski definition) is 6. The number of nitrogens with one attached hydrogen (secondary N) is 2. The summed E-state index contributed by atoms with van der Waals surface area (Å²) in [6.07, 6.45) is 11.4. The van der Waals surface area contributed by atoms with Crippen LogP contribution in [-0.2, 0) is 6.54 Å². The van der Waals surface area contributed by atoms with Crippen molar-refractivity contribution in [1.82, 2.24) is 29.8 Å². The Kier molecular flexibility index (Phi) is 6.27. The summed E-state index contributed by atoms with van der Waals surface area (Å²) in [7, 11) is 0. The predicted molar refractivity (Wildman–Crippen MR) is 119 cm³/mol. The lowest BCUT2D eigenvalue weighted by molar-refractivity contribution is 0.0953. The van der Waals surface area contributed by atoms with Crippen molar-refractivity contribution in [2.75, 3.05) is 11.9 Å². The fourth-order valence-electron chi connectivity index (χ4n) is 3.10. The molecule has 8 nitrogen and oxygen atoms in total. The van der Waals surface area contributed by atoms with E-state index in [0.717, 1.165) is 35.5 Å². The highest BCUT2D eigenvalue weighted by molar-refractivity contribution is 5.95. The SMILES string of the molecule is Cc1ccc(C(=O)NCCCn2ccnc2)cc1Nc1nccc(-c2cccnc2)n1. The van der Waals surface area contributed by atoms with Crippen LogP contribution in [0.1, 0.15) is 22.3 Å². The molecule has 0 unspecified atom stereocenters. The second-order valence-electron chi connectivity index (χ2n) is 7.07. The van der Waals surface area contributed by atoms with E-state index in [1.807, 2.05) is 54.1 Å². The standard InChI is InChI=1S/C23H23N7O/c1-17-5-6-18(22(31)26-9-3-12-30-13-11-25-16-30)14-21(17)29-23-27-10-7-20(28-23)19-4-2-8-24-15-19/h2,4-8,10-11,13-16H,3,9,12H2,1H3,(H,26,31)(H,27,28,29). The molecule has 3 aromatic heterocycles. The molecule has 2 N–H and O–H groups in total. The summed E-state index contributed by atoms with van der Waals surface area (Å²) in [6.45, 7) is 3.37. The second-order valence-corrected chi connectivity index (χ2v) is 7.07. The number of anilines is 2. The van der Waals surface area contributed by atoms with Crippen LogP contribution >= 0.6 is 0 Å². The van der Waals surface area contributed by atoms with Gasteiger partial charge in [-0.2, -0.15) is 0 Å². The van der Waals surface area contributed by atoms with Crippen LogP contribution in [0.15, 0.2) is 73.7 Å². The number of rotatable bonds is 8. The summed E-state index contributed by atoms with van der Waals surface area (Å²) in [5.41, 5.74) is 4.05. The van der Waals surface area contributed by atoms with E-state index in [0.29, 0.717) is 18.1 Å². The van der Waals surface area contributed by atoms with Gasteiger partial charge in [0.05, 0.1) is 12.0 Å². The molecular weight excluding hydrogens is 390 g/mol. The van der Waals surface area contributed by atoms with Crippen LogP contribution in [0.4, 0.5) is 11.6 Å². The number of carbonyl (C=O) groups is 1. The molecule has 4 aromatic rings. The van der Waals surface area contributed by atoms with Crippen molar-refractivity contribution in [3.63, 3.8) is 0 Å². The van der Waals surface area contributed by atoms with Crippen LogP contribution in [0.2, 0.25) is 0 Å². The smallest absolute Gasteiger partial charge is 0.251 e. The first kappa shape index (κ1) is 20.2. The molecular formula is C23H23N7O. The van der Waals surface area contributed by atoms with Gasteiger partial charge in [0.2, 0.25) is 5.95 Å². The zero-order valence-electron chi connectivity index (χ0n) is 17.2. The highest BCUT2D eigenvalue weighted by Gasteiger charge is 2.10. The average molecular weight is 413 g/mol. The summed E-state index contributed by atoms with van der Waals surface area (Å²) >= 11 is 0. The Morgan fingerprint density at radius 2 is 2.03 bits per heavy atom. The third-order valence-electron chi connectivity index (χ3n) is 4.80. The Labute approximate surface area is 180 Å². The van der Waals surface area contributed by atoms with Crippen molar-refractivity contribution >= 4 is 17.5 Å². The second kappa shape index (κ2) is 9.62. The number of imidazole rings is 1. The number of aryl methyl sites for hydroxylation is 2. The molecule has 3 heterocycles. The number of pyridine rings is 1. The van der Waals surface area contributed by atoms with Gasteiger partial charge in [-0.15, -0.1) is 0 Å². The van der Waals surface area contributed by atoms with Gasteiger partial charge in [0.25, 0.3) is 5.91 Å². The highest BCUT2D eigenvalue weighted by Crippen LogP contribution is 2.22. The molecule has 1 amide bonds. The van der Waals surface area contributed by atoms with Crippen molar-refractivity contribution in [1.29, 1.82) is 0 Å². The van der Waals surface area contributed by atoms with Crippen LogP contribution in [-0.4, -0.2) is 37.0 Å². The molecule has 0 aliphatic heterocycles. The molecule has 0 bridgehead atoms. The van der Waals surface area contributed by atoms with Gasteiger partial charge in [0.1, 0.15) is 0 Å². The maximum atomic E-state index is 12.6. The first-order valence-electron chi connectivity index (χ1n) is 10.0. The van der Waals surface area contributed by atoms with Crippen molar-refractivity contribution in [2.45, 2.75) is 19.9 Å². The molecule has 8 heteroatoms. The van der Waals surface area contributed by atoms with Gasteiger partial charge in [-0.3, -0.25) is 9.78 Å². The van der Waals surface area contributed by atoms with Crippen molar-refractivity contribution < 1.29 is 4.79 Å². The van der Waals surface area contributed by atoms with Crippen molar-refractivity contribution in [3.05, 3.63) is 84.8 Å². The maximum Gasteiger partial charge on any atom is 0.251 e. The van der Waals surface area contributed by atoms with Crippen LogP contribution in [0.5, 0.6) is 0 Å². The normalized spacial score (nSPS) is 10.6. The monoisotopic (exact) mass is 413 g/mol. The van der Waals surface area contributed by atoms with Crippen LogP contribution in [0.25, 0.3) is 11.3 Å². The van der Waals surface area contributed by atoms with Gasteiger partial charge in [-0.25, -0.2) is 15.0 Å². The molecule has 156 valence electrons. The van der Waals surface area contributed by atoms with Crippen molar-refractivity contribution in [2.24, 2.45) is 0 Å². The quantitative estimate of drug-likeness (QED) is 0.428. The number of hydrogen-bond donors (Lipinski definition) is 2. The lowest BCUT2D eigenvalue weighted by atomic mass is 10.1. The van der Waals surface area contributed by atoms with Crippen LogP contribution in [0, 0.1) is 6.92 Å². The molecule has 0 aliphatic rings. The number of carbonyl (C=O) groups excluding carboxylic acids is 1. The molecule has 0 aliphatic carbocycles. The zero-order chi connectivity index (χ0) is 21.5. The fourth-order valence-corrected chi connectivity index (χ4v) is 3.10. The van der Waals surface area contributed by atoms with Gasteiger partial charge < -0.3 is 15.2 Å². The minimum Gasteiger partial charge on any atom is -0.352 e. The molecule has 4 rings (SSSR count). The molecule has 31 heavy (non-hydrogen) atoms. The first-order chi connectivity index (χ1) is 15.2. The molecule has 0 spiro atoms. The van der Waals surface area contributed by atoms with Crippen LogP contribution in [0.3, 0.4) is 0 Å². The molecule has 0 fully saturated rings. The fraction of sp³-hybridized carbons (Fsp3) is 0.174. The summed E-state index contributed by atoms with van der Waals surface area (Å²) < 4.78 is 1.99. The van der Waals surface area contributed by atoms with E-state index in [1.54, 1.807) is 31.1 Å². The van der Waals surface area contributed by atoms with Gasteiger partial charge in [0, 0.05) is 60.9 Å². The lowest BCUT2D eigenvalue weighted by Gasteiger charge is -2.12. The minimum absolute atomic E-state index is 0.112. The number of amides is 1. The summed E-state index contributed by atoms with van der Waals surface area (Å²) in [6, 6.07) is 11.2. The average Bonchev–Trinajstić information content (AvgIpc) is 3.32. The Bertz CT molecular complexity index is 1140.